The Hall–Kier alpha value is -0.820. The molecule has 0 bridgehead atoms. The number of hydrogen-bond donors (Lipinski definition) is 1. The van der Waals surface area contributed by atoms with E-state index in [-0.39, 0.29) is 6.61 Å². The van der Waals surface area contributed by atoms with Crippen molar-refractivity contribution in [3.05, 3.63) is 35.5 Å². The lowest BCUT2D eigenvalue weighted by molar-refractivity contribution is 0.327. The molecule has 0 aromatic carbocycles. The summed E-state index contributed by atoms with van der Waals surface area (Å²) in [5.74, 6) is 1.89. The van der Waals surface area contributed by atoms with Crippen LogP contribution in [0, 0.1) is 11.8 Å². The smallest absolute Gasteiger partial charge is 0.0644 e. The molecular weight excluding hydrogens is 208 g/mol. The molecule has 1 unspecified atom stereocenters. The molecule has 1 atom stereocenters. The van der Waals surface area contributed by atoms with E-state index in [9.17, 15) is 5.11 Å². The molecule has 94 valence electrons. The molecule has 1 N–H and O–H groups in total. The second-order valence-electron chi connectivity index (χ2n) is 5.63. The van der Waals surface area contributed by atoms with E-state index in [1.807, 2.05) is 13.0 Å². The van der Waals surface area contributed by atoms with Gasteiger partial charge in [0.1, 0.15) is 0 Å². The molecule has 0 heterocycles. The van der Waals surface area contributed by atoms with Crippen molar-refractivity contribution < 1.29 is 5.11 Å². The predicted octanol–water partition coefficient (Wildman–Crippen LogP) is 4.01. The Balaban J connectivity index is 2.07. The summed E-state index contributed by atoms with van der Waals surface area (Å²) in [6.07, 6.45) is 12.0. The predicted molar refractivity (Wildman–Crippen MR) is 72.7 cm³/mol. The Morgan fingerprint density at radius 2 is 2.12 bits per heavy atom. The molecule has 2 aliphatic carbocycles. The second kappa shape index (κ2) is 5.68. The molecule has 0 aromatic rings. The maximum absolute atomic E-state index is 9.28. The Labute approximate surface area is 105 Å². The van der Waals surface area contributed by atoms with Crippen LogP contribution in [0.5, 0.6) is 0 Å². The Morgan fingerprint density at radius 3 is 2.71 bits per heavy atom. The summed E-state index contributed by atoms with van der Waals surface area (Å²) in [7, 11) is 0. The zero-order valence-corrected chi connectivity index (χ0v) is 10.9. The van der Waals surface area contributed by atoms with Gasteiger partial charge in [0.15, 0.2) is 0 Å². The van der Waals surface area contributed by atoms with Crippen LogP contribution in [-0.4, -0.2) is 11.7 Å². The van der Waals surface area contributed by atoms with E-state index in [1.165, 1.54) is 43.3 Å². The first-order valence-corrected chi connectivity index (χ1v) is 6.86. The average molecular weight is 232 g/mol. The molecule has 0 aliphatic heterocycles. The van der Waals surface area contributed by atoms with Crippen LogP contribution in [0.4, 0.5) is 0 Å². The molecule has 2 rings (SSSR count). The highest BCUT2D eigenvalue weighted by Crippen LogP contribution is 2.43. The summed E-state index contributed by atoms with van der Waals surface area (Å²) >= 11 is 0. The van der Waals surface area contributed by atoms with Crippen molar-refractivity contribution in [3.8, 4) is 0 Å². The van der Waals surface area contributed by atoms with Crippen molar-refractivity contribution >= 4 is 0 Å². The quantitative estimate of drug-likeness (QED) is 0.776. The highest BCUT2D eigenvalue weighted by Gasteiger charge is 2.28. The zero-order chi connectivity index (χ0) is 12.3. The standard InChI is InChI=1S/C16H24O/c1-3-4-15-10-14(9-13-5-6-13)7-8-16(15)12(2)11-17/h3-4,13-14,17H,1,5-11H2,2H3/b15-4-,16-12+. The maximum atomic E-state index is 9.28. The minimum absolute atomic E-state index is 0.192. The fourth-order valence-corrected chi connectivity index (χ4v) is 2.97. The molecule has 2 fully saturated rings. The van der Waals surface area contributed by atoms with Gasteiger partial charge in [-0.05, 0) is 61.2 Å². The summed E-state index contributed by atoms with van der Waals surface area (Å²) in [5.41, 5.74) is 3.95. The lowest BCUT2D eigenvalue weighted by Gasteiger charge is -2.28. The Morgan fingerprint density at radius 1 is 1.35 bits per heavy atom. The monoisotopic (exact) mass is 232 g/mol. The van der Waals surface area contributed by atoms with E-state index < -0.39 is 0 Å². The third kappa shape index (κ3) is 3.32. The van der Waals surface area contributed by atoms with Gasteiger partial charge < -0.3 is 5.11 Å². The van der Waals surface area contributed by atoms with Gasteiger partial charge in [-0.15, -0.1) is 0 Å². The molecule has 1 heteroatoms. The normalized spacial score (nSPS) is 30.5. The first-order chi connectivity index (χ1) is 8.24. The maximum Gasteiger partial charge on any atom is 0.0644 e. The van der Waals surface area contributed by atoms with Crippen molar-refractivity contribution in [3.63, 3.8) is 0 Å². The van der Waals surface area contributed by atoms with Crippen LogP contribution >= 0.6 is 0 Å². The summed E-state index contributed by atoms with van der Waals surface area (Å²) in [6, 6.07) is 0. The number of aliphatic hydroxyl groups is 1. The lowest BCUT2D eigenvalue weighted by Crippen LogP contribution is -2.13. The van der Waals surface area contributed by atoms with E-state index in [0.717, 1.165) is 23.8 Å². The minimum atomic E-state index is 0.192. The van der Waals surface area contributed by atoms with Crippen molar-refractivity contribution in [2.24, 2.45) is 11.8 Å². The molecule has 0 spiro atoms. The van der Waals surface area contributed by atoms with Gasteiger partial charge in [-0.2, -0.15) is 0 Å². The number of rotatable bonds is 4. The van der Waals surface area contributed by atoms with Crippen molar-refractivity contribution in [1.82, 2.24) is 0 Å². The summed E-state index contributed by atoms with van der Waals surface area (Å²) in [6.45, 7) is 6.05. The first-order valence-electron chi connectivity index (χ1n) is 6.86. The van der Waals surface area contributed by atoms with Crippen LogP contribution in [0.15, 0.2) is 35.5 Å². The summed E-state index contributed by atoms with van der Waals surface area (Å²) in [4.78, 5) is 0. The van der Waals surface area contributed by atoms with E-state index in [1.54, 1.807) is 0 Å². The summed E-state index contributed by atoms with van der Waals surface area (Å²) in [5, 5.41) is 9.28. The fraction of sp³-hybridized carbons (Fsp3) is 0.625. The third-order valence-corrected chi connectivity index (χ3v) is 4.13. The highest BCUT2D eigenvalue weighted by atomic mass is 16.3. The molecule has 17 heavy (non-hydrogen) atoms. The van der Waals surface area contributed by atoms with Crippen LogP contribution in [0.2, 0.25) is 0 Å². The molecule has 0 amide bonds. The van der Waals surface area contributed by atoms with Crippen LogP contribution in [0.3, 0.4) is 0 Å². The van der Waals surface area contributed by atoms with Gasteiger partial charge in [0, 0.05) is 0 Å². The van der Waals surface area contributed by atoms with Gasteiger partial charge in [-0.3, -0.25) is 0 Å². The van der Waals surface area contributed by atoms with Gasteiger partial charge in [-0.1, -0.05) is 31.6 Å². The first kappa shape index (κ1) is 12.6. The molecule has 2 aliphatic rings. The zero-order valence-electron chi connectivity index (χ0n) is 10.9. The topological polar surface area (TPSA) is 20.2 Å². The molecule has 0 radical (unpaired) electrons. The van der Waals surface area contributed by atoms with Crippen LogP contribution in [0.25, 0.3) is 0 Å². The van der Waals surface area contributed by atoms with Crippen LogP contribution in [0.1, 0.15) is 45.4 Å². The summed E-state index contributed by atoms with van der Waals surface area (Å²) < 4.78 is 0. The van der Waals surface area contributed by atoms with Crippen molar-refractivity contribution in [2.45, 2.75) is 45.4 Å². The van der Waals surface area contributed by atoms with Gasteiger partial charge in [0.25, 0.3) is 0 Å². The molecule has 0 saturated heterocycles. The fourth-order valence-electron chi connectivity index (χ4n) is 2.97. The number of allylic oxidation sites excluding steroid dienone is 4. The van der Waals surface area contributed by atoms with Gasteiger partial charge >= 0.3 is 0 Å². The lowest BCUT2D eigenvalue weighted by atomic mass is 9.78. The highest BCUT2D eigenvalue weighted by molar-refractivity contribution is 5.39. The number of aliphatic hydroxyl groups excluding tert-OH is 1. The second-order valence-corrected chi connectivity index (χ2v) is 5.63. The van der Waals surface area contributed by atoms with E-state index in [0.29, 0.717) is 0 Å². The third-order valence-electron chi connectivity index (χ3n) is 4.13. The van der Waals surface area contributed by atoms with Crippen LogP contribution < -0.4 is 0 Å². The Bertz CT molecular complexity index is 345. The molecular formula is C16H24O. The van der Waals surface area contributed by atoms with Crippen molar-refractivity contribution in [2.75, 3.05) is 6.61 Å². The Kier molecular flexibility index (Phi) is 4.22. The molecule has 0 aromatic heterocycles. The minimum Gasteiger partial charge on any atom is -0.392 e. The van der Waals surface area contributed by atoms with E-state index in [4.69, 9.17) is 0 Å². The largest absolute Gasteiger partial charge is 0.392 e. The van der Waals surface area contributed by atoms with Crippen LogP contribution in [-0.2, 0) is 0 Å². The van der Waals surface area contributed by atoms with E-state index in [2.05, 4.69) is 12.7 Å². The van der Waals surface area contributed by atoms with Gasteiger partial charge in [0.2, 0.25) is 0 Å². The van der Waals surface area contributed by atoms with Gasteiger partial charge in [0.05, 0.1) is 6.61 Å². The SMILES string of the molecule is C=C/C=C1/CC(CC2CC2)CC/C1=C(/C)CO. The molecule has 1 nitrogen and oxygen atoms in total. The van der Waals surface area contributed by atoms with E-state index >= 15 is 0 Å². The molecule has 2 saturated carbocycles. The number of hydrogen-bond acceptors (Lipinski definition) is 1. The average Bonchev–Trinajstić information content (AvgIpc) is 3.13. The van der Waals surface area contributed by atoms with Crippen molar-refractivity contribution in [1.29, 1.82) is 0 Å². The van der Waals surface area contributed by atoms with Gasteiger partial charge in [-0.25, -0.2) is 0 Å².